The number of hydrogen-bond acceptors (Lipinski definition) is 0. The number of aryl methyl sites for hydroxylation is 3. The highest BCUT2D eigenvalue weighted by atomic mass is 19.2. The summed E-state index contributed by atoms with van der Waals surface area (Å²) in [5.74, 6) is -11.5. The topological polar surface area (TPSA) is 0 Å². The van der Waals surface area contributed by atoms with Crippen molar-refractivity contribution in [2.24, 2.45) is 0 Å². The molecule has 0 unspecified atom stereocenters. The number of rotatable bonds is 15. The molecule has 0 N–H and O–H groups in total. The van der Waals surface area contributed by atoms with Crippen molar-refractivity contribution in [3.05, 3.63) is 324 Å². The van der Waals surface area contributed by atoms with Gasteiger partial charge in [-0.15, -0.1) is 0 Å². The molecule has 0 fully saturated rings. The fourth-order valence-corrected chi connectivity index (χ4v) is 10.6. The number of hydrogen-bond donors (Lipinski definition) is 0. The van der Waals surface area contributed by atoms with Crippen molar-refractivity contribution in [2.45, 2.75) is 59.3 Å². The zero-order chi connectivity index (χ0) is 63.3. The zero-order valence-corrected chi connectivity index (χ0v) is 49.9. The van der Waals surface area contributed by atoms with Gasteiger partial charge in [-0.1, -0.05) is 252 Å². The molecule has 450 valence electrons. The van der Waals surface area contributed by atoms with Crippen LogP contribution in [0.3, 0.4) is 0 Å². The van der Waals surface area contributed by atoms with Crippen molar-refractivity contribution < 1.29 is 39.5 Å². The molecule has 12 aromatic carbocycles. The van der Waals surface area contributed by atoms with E-state index < -0.39 is 52.4 Å². The quantitative estimate of drug-likeness (QED) is 0.0709. The molecule has 0 aliphatic rings. The standard InChI is InChI=1S/C28H23F3.C27H21F3.C26H19F3/c1-2-3-4-19-5-7-20(8-6-19)21-9-11-22(12-10-21)23-13-15-24(16-14-23)25-17-26(29)28(31)27(30)18-25;1-2-3-18-4-6-19(7-5-18)20-8-10-21(11-9-20)22-12-14-23(15-13-22)24-16-25(28)27(30)26(29)17-24;1-2-17-3-5-18(6-4-17)19-7-9-20(10-8-19)21-11-13-22(14-12-21)23-15-24(27)26(29)25(28)16-23/h5-18H,2-4H2,1H3;4-17H,2-3H2,1H3;3-16H,2H2,1H3. The smallest absolute Gasteiger partial charge is 0.194 e. The molecular formula is C81H63F9. The van der Waals surface area contributed by atoms with Gasteiger partial charge in [0.05, 0.1) is 0 Å². The maximum Gasteiger partial charge on any atom is 0.194 e. The predicted octanol–water partition coefficient (Wildman–Crippen LogP) is 24.2. The van der Waals surface area contributed by atoms with E-state index in [1.165, 1.54) is 46.2 Å². The van der Waals surface area contributed by atoms with E-state index in [4.69, 9.17) is 0 Å². The number of benzene rings is 12. The van der Waals surface area contributed by atoms with Crippen LogP contribution in [0.1, 0.15) is 56.7 Å². The Morgan fingerprint density at radius 2 is 0.356 bits per heavy atom. The summed E-state index contributed by atoms with van der Waals surface area (Å²) in [6.45, 7) is 6.51. The third-order valence-electron chi connectivity index (χ3n) is 15.9. The van der Waals surface area contributed by atoms with Crippen molar-refractivity contribution in [2.75, 3.05) is 0 Å². The highest BCUT2D eigenvalue weighted by molar-refractivity contribution is 5.77. The van der Waals surface area contributed by atoms with Crippen LogP contribution in [0.2, 0.25) is 0 Å². The molecule has 0 aliphatic carbocycles. The molecule has 0 amide bonds. The lowest BCUT2D eigenvalue weighted by Crippen LogP contribution is -1.91. The van der Waals surface area contributed by atoms with Gasteiger partial charge in [-0.05, 0) is 179 Å². The molecule has 0 bridgehead atoms. The summed E-state index contributed by atoms with van der Waals surface area (Å²) >= 11 is 0. The van der Waals surface area contributed by atoms with Crippen molar-refractivity contribution in [1.29, 1.82) is 0 Å². The van der Waals surface area contributed by atoms with Crippen molar-refractivity contribution >= 4 is 0 Å². The lowest BCUT2D eigenvalue weighted by Gasteiger charge is -2.08. The first-order chi connectivity index (χ1) is 43.6. The molecule has 9 heteroatoms. The Morgan fingerprint density at radius 1 is 0.189 bits per heavy atom. The molecule has 0 nitrogen and oxygen atoms in total. The van der Waals surface area contributed by atoms with Crippen LogP contribution in [0.4, 0.5) is 39.5 Å². The lowest BCUT2D eigenvalue weighted by molar-refractivity contribution is 0.447. The van der Waals surface area contributed by atoms with E-state index >= 15 is 0 Å². The average molecular weight is 1210 g/mol. The molecule has 0 aliphatic heterocycles. The summed E-state index contributed by atoms with van der Waals surface area (Å²) < 4.78 is 120. The first kappa shape index (κ1) is 63.0. The fraction of sp³-hybridized carbons (Fsp3) is 0.111. The van der Waals surface area contributed by atoms with E-state index in [9.17, 15) is 39.5 Å². The van der Waals surface area contributed by atoms with E-state index in [0.29, 0.717) is 33.4 Å². The first-order valence-corrected chi connectivity index (χ1v) is 30.0. The van der Waals surface area contributed by atoms with E-state index in [2.05, 4.69) is 166 Å². The third kappa shape index (κ3) is 15.5. The van der Waals surface area contributed by atoms with Crippen LogP contribution in [0.25, 0.3) is 100 Å². The van der Waals surface area contributed by atoms with Gasteiger partial charge in [0.2, 0.25) is 0 Å². The Balaban J connectivity index is 0.000000149. The van der Waals surface area contributed by atoms with Crippen LogP contribution >= 0.6 is 0 Å². The second kappa shape index (κ2) is 29.3. The van der Waals surface area contributed by atoms with Gasteiger partial charge in [0, 0.05) is 0 Å². The van der Waals surface area contributed by atoms with Gasteiger partial charge in [0.25, 0.3) is 0 Å². The Bertz CT molecular complexity index is 4260. The SMILES string of the molecule is CCCCc1ccc(-c2ccc(-c3ccc(-c4cc(F)c(F)c(F)c4)cc3)cc2)cc1.CCCc1ccc(-c2ccc(-c3ccc(-c4cc(F)c(F)c(F)c4)cc3)cc2)cc1.CCc1ccc(-c2ccc(-c3ccc(-c4cc(F)c(F)c(F)c4)cc3)cc2)cc1. The van der Waals surface area contributed by atoms with Crippen LogP contribution in [0.15, 0.2) is 255 Å². The minimum atomic E-state index is -1.45. The molecule has 0 spiro atoms. The normalized spacial score (nSPS) is 10.9. The molecule has 0 saturated heterocycles. The Morgan fingerprint density at radius 3 is 0.533 bits per heavy atom. The van der Waals surface area contributed by atoms with Gasteiger partial charge < -0.3 is 0 Å². The first-order valence-electron chi connectivity index (χ1n) is 30.0. The van der Waals surface area contributed by atoms with E-state index in [-0.39, 0.29) is 0 Å². The van der Waals surface area contributed by atoms with Crippen molar-refractivity contribution in [3.8, 4) is 100 Å². The van der Waals surface area contributed by atoms with Crippen LogP contribution in [0.5, 0.6) is 0 Å². The maximum atomic E-state index is 13.5. The molecule has 0 atom stereocenters. The highest BCUT2D eigenvalue weighted by Crippen LogP contribution is 2.34. The molecule has 12 aromatic rings. The monoisotopic (exact) mass is 1210 g/mol. The summed E-state index contributed by atoms with van der Waals surface area (Å²) in [5, 5.41) is 0. The second-order valence-corrected chi connectivity index (χ2v) is 22.0. The Labute approximate surface area is 520 Å². The van der Waals surface area contributed by atoms with Gasteiger partial charge >= 0.3 is 0 Å². The van der Waals surface area contributed by atoms with Gasteiger partial charge in [0.15, 0.2) is 52.4 Å². The van der Waals surface area contributed by atoms with Gasteiger partial charge in [0.1, 0.15) is 0 Å². The Kier molecular flexibility index (Phi) is 20.6. The molecule has 12 rings (SSSR count). The molecule has 0 saturated carbocycles. The van der Waals surface area contributed by atoms with Crippen molar-refractivity contribution in [3.63, 3.8) is 0 Å². The van der Waals surface area contributed by atoms with Gasteiger partial charge in [-0.25, -0.2) is 39.5 Å². The predicted molar refractivity (Wildman–Crippen MR) is 350 cm³/mol. The largest absolute Gasteiger partial charge is 0.204 e. The second-order valence-electron chi connectivity index (χ2n) is 22.0. The molecule has 0 aromatic heterocycles. The summed E-state index contributed by atoms with van der Waals surface area (Å²) in [5.41, 5.74) is 19.9. The summed E-state index contributed by atoms with van der Waals surface area (Å²) in [7, 11) is 0. The third-order valence-corrected chi connectivity index (χ3v) is 15.9. The molecular weight excluding hydrogens is 1140 g/mol. The molecule has 0 heterocycles. The molecule has 90 heavy (non-hydrogen) atoms. The fourth-order valence-electron chi connectivity index (χ4n) is 10.6. The number of halogens is 9. The van der Waals surface area contributed by atoms with E-state index in [0.717, 1.165) is 112 Å². The number of unbranched alkanes of at least 4 members (excludes halogenated alkanes) is 1. The summed E-state index contributed by atoms with van der Waals surface area (Å²) in [6.07, 6.45) is 6.76. The summed E-state index contributed by atoms with van der Waals surface area (Å²) in [6, 6.07) is 78.8. The van der Waals surface area contributed by atoms with Crippen molar-refractivity contribution in [1.82, 2.24) is 0 Å². The average Bonchev–Trinajstić information content (AvgIpc) is 2.15. The van der Waals surface area contributed by atoms with E-state index in [1.807, 2.05) is 36.4 Å². The Hall–Kier alpha value is -9.99. The maximum absolute atomic E-state index is 13.5. The minimum Gasteiger partial charge on any atom is -0.204 e. The lowest BCUT2D eigenvalue weighted by atomic mass is 9.97. The van der Waals surface area contributed by atoms with Crippen LogP contribution < -0.4 is 0 Å². The van der Waals surface area contributed by atoms with Crippen LogP contribution in [-0.4, -0.2) is 0 Å². The minimum absolute atomic E-state index is 0.304. The van der Waals surface area contributed by atoms with E-state index in [1.54, 1.807) is 36.4 Å². The van der Waals surface area contributed by atoms with Gasteiger partial charge in [-0.2, -0.15) is 0 Å². The van der Waals surface area contributed by atoms with Gasteiger partial charge in [-0.3, -0.25) is 0 Å². The van der Waals surface area contributed by atoms with Crippen LogP contribution in [0, 0.1) is 52.4 Å². The molecule has 0 radical (unpaired) electrons. The highest BCUT2D eigenvalue weighted by Gasteiger charge is 2.15. The summed E-state index contributed by atoms with van der Waals surface area (Å²) in [4.78, 5) is 0. The zero-order valence-electron chi connectivity index (χ0n) is 49.9. The van der Waals surface area contributed by atoms with Crippen LogP contribution in [-0.2, 0) is 19.3 Å².